The molecule has 3 rings (SSSR count). The summed E-state index contributed by atoms with van der Waals surface area (Å²) in [5, 5.41) is 7.30. The van der Waals surface area contributed by atoms with Crippen molar-refractivity contribution >= 4 is 11.7 Å². The maximum atomic E-state index is 12.3. The first-order valence-corrected chi connectivity index (χ1v) is 7.74. The van der Waals surface area contributed by atoms with Crippen LogP contribution in [0.5, 0.6) is 0 Å². The number of carbonyl (C=O) groups excluding carboxylic acids is 1. The maximum Gasteiger partial charge on any atom is 0.322 e. The summed E-state index contributed by atoms with van der Waals surface area (Å²) in [6.07, 6.45) is 4.75. The Bertz CT molecular complexity index is 745. The number of rotatable bonds is 2. The van der Waals surface area contributed by atoms with Gasteiger partial charge in [-0.1, -0.05) is 11.6 Å². The molecular formula is C17H21N5O. The van der Waals surface area contributed by atoms with Crippen molar-refractivity contribution in [2.24, 2.45) is 0 Å². The van der Waals surface area contributed by atoms with E-state index in [0.29, 0.717) is 12.2 Å². The van der Waals surface area contributed by atoms with E-state index in [4.69, 9.17) is 0 Å². The number of urea groups is 1. The van der Waals surface area contributed by atoms with Crippen molar-refractivity contribution in [3.05, 3.63) is 47.4 Å². The SMILES string of the molecule is CC1=CCCN(C(=O)Nc2ccc(-n3nc(C)cc3C)nc2)C1. The number of aromatic nitrogens is 3. The van der Waals surface area contributed by atoms with Crippen LogP contribution >= 0.6 is 0 Å². The molecule has 0 fully saturated rings. The number of anilines is 1. The van der Waals surface area contributed by atoms with Crippen molar-refractivity contribution in [1.29, 1.82) is 0 Å². The molecule has 3 heterocycles. The predicted molar refractivity (Wildman–Crippen MR) is 89.8 cm³/mol. The van der Waals surface area contributed by atoms with Gasteiger partial charge in [0.1, 0.15) is 0 Å². The smallest absolute Gasteiger partial charge is 0.320 e. The molecule has 1 aliphatic rings. The van der Waals surface area contributed by atoms with Gasteiger partial charge in [0.25, 0.3) is 0 Å². The summed E-state index contributed by atoms with van der Waals surface area (Å²) in [7, 11) is 0. The predicted octanol–water partition coefficient (Wildman–Crippen LogP) is 3.07. The van der Waals surface area contributed by atoms with Gasteiger partial charge in [-0.25, -0.2) is 14.5 Å². The first kappa shape index (κ1) is 15.3. The van der Waals surface area contributed by atoms with Crippen LogP contribution in [-0.4, -0.2) is 38.8 Å². The zero-order valence-corrected chi connectivity index (χ0v) is 13.7. The van der Waals surface area contributed by atoms with Crippen molar-refractivity contribution in [2.75, 3.05) is 18.4 Å². The molecule has 1 N–H and O–H groups in total. The highest BCUT2D eigenvalue weighted by Gasteiger charge is 2.16. The summed E-state index contributed by atoms with van der Waals surface area (Å²) in [5.74, 6) is 0.741. The number of nitrogens with zero attached hydrogens (tertiary/aromatic N) is 4. The number of aryl methyl sites for hydroxylation is 2. The number of amides is 2. The molecule has 1 aliphatic heterocycles. The highest BCUT2D eigenvalue weighted by molar-refractivity contribution is 5.89. The lowest BCUT2D eigenvalue weighted by atomic mass is 10.1. The van der Waals surface area contributed by atoms with Gasteiger partial charge in [-0.2, -0.15) is 5.10 Å². The average molecular weight is 311 g/mol. The highest BCUT2D eigenvalue weighted by Crippen LogP contribution is 2.14. The lowest BCUT2D eigenvalue weighted by Gasteiger charge is -2.26. The minimum atomic E-state index is -0.0851. The van der Waals surface area contributed by atoms with Crippen LogP contribution in [0.25, 0.3) is 5.82 Å². The van der Waals surface area contributed by atoms with Crippen LogP contribution in [0.15, 0.2) is 36.0 Å². The minimum Gasteiger partial charge on any atom is -0.320 e. The van der Waals surface area contributed by atoms with Crippen molar-refractivity contribution in [3.8, 4) is 5.82 Å². The zero-order valence-electron chi connectivity index (χ0n) is 13.7. The highest BCUT2D eigenvalue weighted by atomic mass is 16.2. The Labute approximate surface area is 135 Å². The van der Waals surface area contributed by atoms with E-state index in [1.165, 1.54) is 5.57 Å². The van der Waals surface area contributed by atoms with Crippen LogP contribution in [0.4, 0.5) is 10.5 Å². The van der Waals surface area contributed by atoms with Crippen molar-refractivity contribution in [2.45, 2.75) is 27.2 Å². The van der Waals surface area contributed by atoms with E-state index in [1.54, 1.807) is 10.9 Å². The second-order valence-corrected chi connectivity index (χ2v) is 5.93. The topological polar surface area (TPSA) is 63.1 Å². The van der Waals surface area contributed by atoms with Crippen LogP contribution < -0.4 is 5.32 Å². The van der Waals surface area contributed by atoms with E-state index < -0.39 is 0 Å². The van der Waals surface area contributed by atoms with Gasteiger partial charge in [0, 0.05) is 18.8 Å². The molecule has 0 unspecified atom stereocenters. The average Bonchev–Trinajstić information content (AvgIpc) is 2.86. The second kappa shape index (κ2) is 6.24. The second-order valence-electron chi connectivity index (χ2n) is 5.93. The molecule has 6 nitrogen and oxygen atoms in total. The van der Waals surface area contributed by atoms with E-state index in [0.717, 1.165) is 30.2 Å². The molecule has 0 spiro atoms. The Morgan fingerprint density at radius 3 is 2.70 bits per heavy atom. The summed E-state index contributed by atoms with van der Waals surface area (Å²) < 4.78 is 1.79. The Morgan fingerprint density at radius 2 is 2.09 bits per heavy atom. The standard InChI is InChI=1S/C17H21N5O/c1-12-5-4-8-21(11-12)17(23)19-15-6-7-16(18-10-15)22-14(3)9-13(2)20-22/h5-7,9-10H,4,8,11H2,1-3H3,(H,19,23). The number of pyridine rings is 1. The van der Waals surface area contributed by atoms with Crippen molar-refractivity contribution in [1.82, 2.24) is 19.7 Å². The van der Waals surface area contributed by atoms with Gasteiger partial charge in [0.05, 0.1) is 17.6 Å². The molecule has 23 heavy (non-hydrogen) atoms. The first-order chi connectivity index (χ1) is 11.0. The Balaban J connectivity index is 1.69. The molecule has 0 saturated carbocycles. The largest absolute Gasteiger partial charge is 0.322 e. The fraction of sp³-hybridized carbons (Fsp3) is 0.353. The molecule has 0 bridgehead atoms. The number of nitrogens with one attached hydrogen (secondary N) is 1. The van der Waals surface area contributed by atoms with Crippen LogP contribution in [-0.2, 0) is 0 Å². The lowest BCUT2D eigenvalue weighted by Crippen LogP contribution is -2.38. The monoisotopic (exact) mass is 311 g/mol. The van der Waals surface area contributed by atoms with E-state index in [-0.39, 0.29) is 6.03 Å². The van der Waals surface area contributed by atoms with Crippen molar-refractivity contribution < 1.29 is 4.79 Å². The number of carbonyl (C=O) groups is 1. The third kappa shape index (κ3) is 3.41. The fourth-order valence-corrected chi connectivity index (χ4v) is 2.73. The molecule has 120 valence electrons. The van der Waals surface area contributed by atoms with E-state index in [2.05, 4.69) is 21.5 Å². The third-order valence-corrected chi connectivity index (χ3v) is 3.85. The molecular weight excluding hydrogens is 290 g/mol. The van der Waals surface area contributed by atoms with E-state index >= 15 is 0 Å². The van der Waals surface area contributed by atoms with Gasteiger partial charge in [0.2, 0.25) is 0 Å². The van der Waals surface area contributed by atoms with Crippen LogP contribution in [0.1, 0.15) is 24.7 Å². The molecule has 0 atom stereocenters. The fourth-order valence-electron chi connectivity index (χ4n) is 2.73. The van der Waals surface area contributed by atoms with Gasteiger partial charge < -0.3 is 10.2 Å². The molecule has 0 aliphatic carbocycles. The van der Waals surface area contributed by atoms with Crippen LogP contribution in [0.3, 0.4) is 0 Å². The summed E-state index contributed by atoms with van der Waals surface area (Å²) in [4.78, 5) is 18.5. The Hall–Kier alpha value is -2.63. The first-order valence-electron chi connectivity index (χ1n) is 7.74. The lowest BCUT2D eigenvalue weighted by molar-refractivity contribution is 0.215. The molecule has 2 aromatic heterocycles. The molecule has 0 aromatic carbocycles. The molecule has 6 heteroatoms. The quantitative estimate of drug-likeness (QED) is 0.867. The molecule has 2 amide bonds. The number of hydrogen-bond donors (Lipinski definition) is 1. The summed E-state index contributed by atoms with van der Waals surface area (Å²) in [6, 6.07) is 5.63. The van der Waals surface area contributed by atoms with Gasteiger partial charge in [-0.15, -0.1) is 0 Å². The summed E-state index contributed by atoms with van der Waals surface area (Å²) in [5.41, 5.74) is 3.90. The van der Waals surface area contributed by atoms with Gasteiger partial charge in [0.15, 0.2) is 5.82 Å². The molecule has 0 saturated heterocycles. The molecule has 0 radical (unpaired) electrons. The third-order valence-electron chi connectivity index (χ3n) is 3.85. The summed E-state index contributed by atoms with van der Waals surface area (Å²) in [6.45, 7) is 7.42. The van der Waals surface area contributed by atoms with Crippen LogP contribution in [0.2, 0.25) is 0 Å². The van der Waals surface area contributed by atoms with Crippen molar-refractivity contribution in [3.63, 3.8) is 0 Å². The van der Waals surface area contributed by atoms with Gasteiger partial charge in [-0.3, -0.25) is 0 Å². The normalized spacial score (nSPS) is 14.6. The Morgan fingerprint density at radius 1 is 1.26 bits per heavy atom. The zero-order chi connectivity index (χ0) is 16.4. The summed E-state index contributed by atoms with van der Waals surface area (Å²) >= 11 is 0. The number of hydrogen-bond acceptors (Lipinski definition) is 3. The van der Waals surface area contributed by atoms with Gasteiger partial charge in [-0.05, 0) is 45.4 Å². The Kier molecular flexibility index (Phi) is 4.14. The van der Waals surface area contributed by atoms with Gasteiger partial charge >= 0.3 is 6.03 Å². The maximum absolute atomic E-state index is 12.3. The van der Waals surface area contributed by atoms with E-state index in [9.17, 15) is 4.79 Å². The molecule has 2 aromatic rings. The van der Waals surface area contributed by atoms with Crippen LogP contribution in [0, 0.1) is 13.8 Å². The van der Waals surface area contributed by atoms with E-state index in [1.807, 2.05) is 43.9 Å². The minimum absolute atomic E-state index is 0.0851.